The number of carbonyl (C=O) groups is 1. The number of hydrogen-bond donors (Lipinski definition) is 1. The number of hydrogen-bond acceptors (Lipinski definition) is 4. The Morgan fingerprint density at radius 2 is 2.22 bits per heavy atom. The molecule has 1 aromatic carbocycles. The van der Waals surface area contributed by atoms with Crippen molar-refractivity contribution in [2.75, 3.05) is 19.5 Å². The zero-order valence-corrected chi connectivity index (χ0v) is 11.3. The Labute approximate surface area is 111 Å². The van der Waals surface area contributed by atoms with Crippen molar-refractivity contribution in [3.05, 3.63) is 34.2 Å². The van der Waals surface area contributed by atoms with Gasteiger partial charge in [0.15, 0.2) is 0 Å². The molecule has 0 radical (unpaired) electrons. The van der Waals surface area contributed by atoms with E-state index < -0.39 is 11.8 Å². The number of pyridine rings is 1. The first-order valence-corrected chi connectivity index (χ1v) is 5.91. The molecule has 0 bridgehead atoms. The zero-order chi connectivity index (χ0) is 13.3. The van der Waals surface area contributed by atoms with Crippen molar-refractivity contribution in [1.82, 2.24) is 4.98 Å². The maximum atomic E-state index is 13.4. The van der Waals surface area contributed by atoms with E-state index in [4.69, 9.17) is 0 Å². The van der Waals surface area contributed by atoms with Gasteiger partial charge in [-0.1, -0.05) is 0 Å². The minimum Gasteiger partial charge on any atom is -0.465 e. The second kappa shape index (κ2) is 4.89. The highest BCUT2D eigenvalue weighted by molar-refractivity contribution is 9.10. The SMILES string of the molecule is CNc1c(C(=O)OC)cnc2c(Br)cc(F)cc12. The van der Waals surface area contributed by atoms with E-state index in [-0.39, 0.29) is 5.56 Å². The highest BCUT2D eigenvalue weighted by atomic mass is 79.9. The molecule has 0 atom stereocenters. The summed E-state index contributed by atoms with van der Waals surface area (Å²) in [6.45, 7) is 0. The Hall–Kier alpha value is -1.69. The minimum atomic E-state index is -0.519. The number of nitrogens with zero attached hydrogens (tertiary/aromatic N) is 1. The summed E-state index contributed by atoms with van der Waals surface area (Å²) in [6, 6.07) is 2.65. The van der Waals surface area contributed by atoms with Gasteiger partial charge in [-0.05, 0) is 28.1 Å². The van der Waals surface area contributed by atoms with Gasteiger partial charge in [0, 0.05) is 23.1 Å². The number of rotatable bonds is 2. The molecular formula is C12H10BrFN2O2. The number of benzene rings is 1. The number of aromatic nitrogens is 1. The predicted octanol–water partition coefficient (Wildman–Crippen LogP) is 2.96. The third kappa shape index (κ3) is 2.03. The second-order valence-electron chi connectivity index (χ2n) is 3.57. The molecule has 0 aliphatic heterocycles. The monoisotopic (exact) mass is 312 g/mol. The fraction of sp³-hybridized carbons (Fsp3) is 0.167. The molecule has 6 heteroatoms. The quantitative estimate of drug-likeness (QED) is 0.866. The molecule has 1 heterocycles. The highest BCUT2D eigenvalue weighted by Gasteiger charge is 2.16. The summed E-state index contributed by atoms with van der Waals surface area (Å²) in [4.78, 5) is 15.7. The summed E-state index contributed by atoms with van der Waals surface area (Å²) in [5.41, 5.74) is 1.34. The van der Waals surface area contributed by atoms with Crippen molar-refractivity contribution in [3.63, 3.8) is 0 Å². The summed E-state index contributed by atoms with van der Waals surface area (Å²) in [5, 5.41) is 3.40. The fourth-order valence-corrected chi connectivity index (χ4v) is 2.30. The third-order valence-electron chi connectivity index (χ3n) is 2.54. The van der Waals surface area contributed by atoms with E-state index in [0.717, 1.165) is 0 Å². The summed E-state index contributed by atoms with van der Waals surface area (Å²) in [5.74, 6) is -0.927. The van der Waals surface area contributed by atoms with Crippen molar-refractivity contribution in [3.8, 4) is 0 Å². The third-order valence-corrected chi connectivity index (χ3v) is 3.15. The lowest BCUT2D eigenvalue weighted by atomic mass is 10.1. The largest absolute Gasteiger partial charge is 0.465 e. The number of anilines is 1. The van der Waals surface area contributed by atoms with Crippen LogP contribution in [-0.2, 0) is 4.74 Å². The normalized spacial score (nSPS) is 10.4. The number of methoxy groups -OCH3 is 1. The number of esters is 1. The van der Waals surface area contributed by atoms with Gasteiger partial charge in [-0.3, -0.25) is 4.98 Å². The Morgan fingerprint density at radius 1 is 1.50 bits per heavy atom. The van der Waals surface area contributed by atoms with Gasteiger partial charge in [-0.25, -0.2) is 9.18 Å². The molecule has 0 saturated carbocycles. The molecule has 0 amide bonds. The van der Waals surface area contributed by atoms with Crippen molar-refractivity contribution >= 4 is 38.5 Å². The zero-order valence-electron chi connectivity index (χ0n) is 9.75. The van der Waals surface area contributed by atoms with Crippen LogP contribution in [0.15, 0.2) is 22.8 Å². The summed E-state index contributed by atoms with van der Waals surface area (Å²) < 4.78 is 18.6. The van der Waals surface area contributed by atoms with E-state index in [9.17, 15) is 9.18 Å². The van der Waals surface area contributed by atoms with Gasteiger partial charge in [-0.2, -0.15) is 0 Å². The lowest BCUT2D eigenvalue weighted by Gasteiger charge is -2.11. The van der Waals surface area contributed by atoms with Crippen LogP contribution in [0.5, 0.6) is 0 Å². The molecule has 18 heavy (non-hydrogen) atoms. The molecule has 4 nitrogen and oxygen atoms in total. The van der Waals surface area contributed by atoms with E-state index in [1.54, 1.807) is 7.05 Å². The number of nitrogens with one attached hydrogen (secondary N) is 1. The lowest BCUT2D eigenvalue weighted by molar-refractivity contribution is 0.0601. The smallest absolute Gasteiger partial charge is 0.341 e. The average Bonchev–Trinajstić information content (AvgIpc) is 2.36. The van der Waals surface area contributed by atoms with Gasteiger partial charge in [0.05, 0.1) is 18.3 Å². The Balaban J connectivity index is 2.82. The van der Waals surface area contributed by atoms with E-state index in [2.05, 4.69) is 31.0 Å². The molecule has 94 valence electrons. The fourth-order valence-electron chi connectivity index (χ4n) is 1.76. The summed E-state index contributed by atoms with van der Waals surface area (Å²) >= 11 is 3.24. The molecule has 0 aliphatic rings. The van der Waals surface area contributed by atoms with Gasteiger partial charge in [-0.15, -0.1) is 0 Å². The van der Waals surface area contributed by atoms with Crippen LogP contribution >= 0.6 is 15.9 Å². The van der Waals surface area contributed by atoms with Gasteiger partial charge in [0.1, 0.15) is 11.4 Å². The van der Waals surface area contributed by atoms with Crippen LogP contribution in [0.3, 0.4) is 0 Å². The average molecular weight is 313 g/mol. The number of carbonyl (C=O) groups excluding carboxylic acids is 1. The standard InChI is InChI=1S/C12H10BrFN2O2/c1-15-10-7-3-6(14)4-9(13)11(7)16-5-8(10)12(17)18-2/h3-5H,1-2H3,(H,15,16). The molecule has 0 fully saturated rings. The molecule has 1 N–H and O–H groups in total. The molecule has 2 aromatic rings. The van der Waals surface area contributed by atoms with Crippen LogP contribution in [-0.4, -0.2) is 25.1 Å². The van der Waals surface area contributed by atoms with E-state index in [1.807, 2.05) is 0 Å². The maximum Gasteiger partial charge on any atom is 0.341 e. The van der Waals surface area contributed by atoms with Crippen LogP contribution in [0.25, 0.3) is 10.9 Å². The van der Waals surface area contributed by atoms with Crippen LogP contribution < -0.4 is 5.32 Å². The minimum absolute atomic E-state index is 0.269. The Bertz CT molecular complexity index is 631. The first-order chi connectivity index (χ1) is 8.58. The van der Waals surface area contributed by atoms with Gasteiger partial charge >= 0.3 is 5.97 Å². The van der Waals surface area contributed by atoms with Gasteiger partial charge < -0.3 is 10.1 Å². The first kappa shape index (κ1) is 12.8. The Morgan fingerprint density at radius 3 is 2.83 bits per heavy atom. The number of halogens is 2. The van der Waals surface area contributed by atoms with Crippen molar-refractivity contribution in [2.45, 2.75) is 0 Å². The van der Waals surface area contributed by atoms with Crippen LogP contribution in [0, 0.1) is 5.82 Å². The maximum absolute atomic E-state index is 13.4. The predicted molar refractivity (Wildman–Crippen MR) is 70.3 cm³/mol. The number of ether oxygens (including phenoxy) is 1. The summed E-state index contributed by atoms with van der Waals surface area (Å²) in [7, 11) is 2.94. The molecule has 1 aromatic heterocycles. The van der Waals surface area contributed by atoms with Crippen molar-refractivity contribution in [1.29, 1.82) is 0 Å². The van der Waals surface area contributed by atoms with E-state index in [1.165, 1.54) is 25.4 Å². The molecule has 0 spiro atoms. The van der Waals surface area contributed by atoms with Gasteiger partial charge in [0.2, 0.25) is 0 Å². The van der Waals surface area contributed by atoms with Crippen molar-refractivity contribution < 1.29 is 13.9 Å². The summed E-state index contributed by atoms with van der Waals surface area (Å²) in [6.07, 6.45) is 1.41. The molecule has 0 unspecified atom stereocenters. The second-order valence-corrected chi connectivity index (χ2v) is 4.43. The van der Waals surface area contributed by atoms with Gasteiger partial charge in [0.25, 0.3) is 0 Å². The number of fused-ring (bicyclic) bond motifs is 1. The molecule has 0 aliphatic carbocycles. The van der Waals surface area contributed by atoms with Crippen LogP contribution in [0.4, 0.5) is 10.1 Å². The van der Waals surface area contributed by atoms with E-state index >= 15 is 0 Å². The lowest BCUT2D eigenvalue weighted by Crippen LogP contribution is -2.07. The molecular weight excluding hydrogens is 303 g/mol. The van der Waals surface area contributed by atoms with Crippen LogP contribution in [0.1, 0.15) is 10.4 Å². The highest BCUT2D eigenvalue weighted by Crippen LogP contribution is 2.31. The van der Waals surface area contributed by atoms with Crippen LogP contribution in [0.2, 0.25) is 0 Å². The molecule has 2 rings (SSSR count). The topological polar surface area (TPSA) is 51.2 Å². The van der Waals surface area contributed by atoms with Crippen molar-refractivity contribution in [2.24, 2.45) is 0 Å². The first-order valence-electron chi connectivity index (χ1n) is 5.12. The molecule has 0 saturated heterocycles. The van der Waals surface area contributed by atoms with E-state index in [0.29, 0.717) is 21.1 Å². The Kier molecular flexibility index (Phi) is 3.47.